The number of aromatic nitrogens is 4. The number of hydrogen-bond donors (Lipinski definition) is 1. The Morgan fingerprint density at radius 2 is 1.95 bits per heavy atom. The van der Waals surface area contributed by atoms with E-state index in [9.17, 15) is 27.3 Å². The van der Waals surface area contributed by atoms with Crippen molar-refractivity contribution in [1.82, 2.24) is 29.6 Å². The highest BCUT2D eigenvalue weighted by Gasteiger charge is 2.49. The van der Waals surface area contributed by atoms with Crippen molar-refractivity contribution in [3.8, 4) is 11.2 Å². The Kier molecular flexibility index (Phi) is 5.71. The minimum atomic E-state index is -4.10. The summed E-state index contributed by atoms with van der Waals surface area (Å²) in [5.74, 6) is -0.0158. The number of halogens is 2. The zero-order valence-electron chi connectivity index (χ0n) is 20.5. The summed E-state index contributed by atoms with van der Waals surface area (Å²) in [5, 5.41) is 21.4. The summed E-state index contributed by atoms with van der Waals surface area (Å²) in [6.07, 6.45) is 0.476. The summed E-state index contributed by atoms with van der Waals surface area (Å²) in [5.41, 5.74) is -0.166. The van der Waals surface area contributed by atoms with Gasteiger partial charge in [0.2, 0.25) is 21.1 Å². The molecule has 2 atom stereocenters. The van der Waals surface area contributed by atoms with Crippen LogP contribution < -0.4 is 9.62 Å². The molecule has 4 fully saturated rings. The third-order valence-corrected chi connectivity index (χ3v) is 9.75. The van der Waals surface area contributed by atoms with Crippen molar-refractivity contribution in [2.24, 2.45) is 5.92 Å². The van der Waals surface area contributed by atoms with Crippen LogP contribution in [0.25, 0.3) is 16.0 Å². The van der Waals surface area contributed by atoms with Gasteiger partial charge in [-0.1, -0.05) is 25.2 Å². The lowest BCUT2D eigenvalue weighted by Gasteiger charge is -2.57. The van der Waals surface area contributed by atoms with E-state index in [2.05, 4.69) is 20.0 Å². The van der Waals surface area contributed by atoms with E-state index in [0.717, 1.165) is 6.42 Å². The number of nitriles is 1. The molecule has 0 radical (unpaired) electrons. The quantitative estimate of drug-likeness (QED) is 0.464. The molecule has 2 aromatic heterocycles. The number of piperazine rings is 1. The molecule has 5 heterocycles. The lowest BCUT2D eigenvalue weighted by Crippen LogP contribution is -2.70. The molecular formula is C23H24F2N8O3S2. The standard InChI is InChI=1S/C23H24F2N8O3S2/c1-12(2)21(34)32-13-5-14(32)10-31(9-13)17-6-15(38(35,36)30-23(11-26)3-4-23)7-18-16(17)8-27-33(18)22-29-28-20(37-22)19(24)25/h6-8,12-14,19,30H,3-5,9-10H2,1-2H3. The third-order valence-electron chi connectivity index (χ3n) is 7.32. The molecule has 2 unspecified atom stereocenters. The summed E-state index contributed by atoms with van der Waals surface area (Å²) in [6, 6.07) is 5.01. The van der Waals surface area contributed by atoms with Gasteiger partial charge in [-0.25, -0.2) is 21.9 Å². The van der Waals surface area contributed by atoms with Gasteiger partial charge in [-0.05, 0) is 31.4 Å². The van der Waals surface area contributed by atoms with E-state index < -0.39 is 27.0 Å². The maximum absolute atomic E-state index is 13.4. The molecule has 7 rings (SSSR count). The third kappa shape index (κ3) is 4.02. The van der Waals surface area contributed by atoms with E-state index in [4.69, 9.17) is 0 Å². The van der Waals surface area contributed by atoms with Crippen LogP contribution in [0.2, 0.25) is 0 Å². The van der Waals surface area contributed by atoms with Crippen LogP contribution in [-0.4, -0.2) is 69.9 Å². The van der Waals surface area contributed by atoms with Crippen molar-refractivity contribution >= 4 is 43.9 Å². The van der Waals surface area contributed by atoms with Gasteiger partial charge in [-0.2, -0.15) is 15.1 Å². The number of nitrogens with zero attached hydrogens (tertiary/aromatic N) is 7. The zero-order valence-corrected chi connectivity index (χ0v) is 22.1. The second kappa shape index (κ2) is 8.65. The van der Waals surface area contributed by atoms with Gasteiger partial charge in [-0.15, -0.1) is 10.2 Å². The summed E-state index contributed by atoms with van der Waals surface area (Å²) >= 11 is 0.668. The lowest BCUT2D eigenvalue weighted by atomic mass is 9.85. The van der Waals surface area contributed by atoms with Crippen LogP contribution in [0.5, 0.6) is 0 Å². The van der Waals surface area contributed by atoms with Crippen LogP contribution in [0.3, 0.4) is 0 Å². The Bertz CT molecular complexity index is 1580. The number of carbonyl (C=O) groups excluding carboxylic acids is 1. The molecule has 3 aliphatic heterocycles. The molecule has 1 N–H and O–H groups in total. The van der Waals surface area contributed by atoms with Crippen molar-refractivity contribution in [2.75, 3.05) is 18.0 Å². The van der Waals surface area contributed by atoms with E-state index in [0.29, 0.717) is 53.9 Å². The van der Waals surface area contributed by atoms with Crippen LogP contribution in [-0.2, 0) is 14.8 Å². The fourth-order valence-electron chi connectivity index (χ4n) is 5.19. The van der Waals surface area contributed by atoms with Gasteiger partial charge in [0.05, 0.1) is 34.8 Å². The average molecular weight is 563 g/mol. The molecule has 38 heavy (non-hydrogen) atoms. The van der Waals surface area contributed by atoms with Gasteiger partial charge in [0.15, 0.2) is 5.01 Å². The maximum Gasteiger partial charge on any atom is 0.291 e. The summed E-state index contributed by atoms with van der Waals surface area (Å²) in [7, 11) is -4.10. The molecule has 1 aliphatic carbocycles. The van der Waals surface area contributed by atoms with Crippen molar-refractivity contribution in [3.63, 3.8) is 0 Å². The molecule has 1 aromatic carbocycles. The summed E-state index contributed by atoms with van der Waals surface area (Å²) in [4.78, 5) is 16.6. The molecule has 0 spiro atoms. The first-order chi connectivity index (χ1) is 18.0. The number of rotatable bonds is 7. The SMILES string of the molecule is CC(C)C(=O)N1C2CC1CN(c1cc(S(=O)(=O)NC3(C#N)CC3)cc3c1cnn3-c1nnc(C(F)F)s1)C2. The molecule has 1 saturated carbocycles. The highest BCUT2D eigenvalue weighted by Crippen LogP contribution is 2.41. The molecule has 2 bridgehead atoms. The number of fused-ring (bicyclic) bond motifs is 3. The van der Waals surface area contributed by atoms with Crippen molar-refractivity contribution in [1.29, 1.82) is 5.26 Å². The van der Waals surface area contributed by atoms with Gasteiger partial charge >= 0.3 is 0 Å². The minimum Gasteiger partial charge on any atom is -0.367 e. The molecule has 4 aliphatic rings. The van der Waals surface area contributed by atoms with E-state index in [-0.39, 0.29) is 33.9 Å². The van der Waals surface area contributed by atoms with Gasteiger partial charge in [0.1, 0.15) is 5.54 Å². The molecule has 1 amide bonds. The van der Waals surface area contributed by atoms with Crippen LogP contribution in [0, 0.1) is 17.2 Å². The largest absolute Gasteiger partial charge is 0.367 e. The lowest BCUT2D eigenvalue weighted by molar-refractivity contribution is -0.149. The normalized spacial score (nSPS) is 22.1. The van der Waals surface area contributed by atoms with Crippen LogP contribution >= 0.6 is 11.3 Å². The maximum atomic E-state index is 13.4. The number of piperidine rings is 1. The average Bonchev–Trinajstić information content (AvgIpc) is 3.26. The number of carbonyl (C=O) groups is 1. The van der Waals surface area contributed by atoms with Gasteiger partial charge in [-0.3, -0.25) is 4.79 Å². The van der Waals surface area contributed by atoms with Crippen LogP contribution in [0.15, 0.2) is 23.2 Å². The number of anilines is 1. The highest BCUT2D eigenvalue weighted by molar-refractivity contribution is 7.89. The Morgan fingerprint density at radius 3 is 2.53 bits per heavy atom. The summed E-state index contributed by atoms with van der Waals surface area (Å²) in [6.45, 7) is 4.77. The second-order valence-electron chi connectivity index (χ2n) is 10.3. The number of hydrogen-bond acceptors (Lipinski definition) is 9. The molecule has 3 saturated heterocycles. The highest BCUT2D eigenvalue weighted by atomic mass is 32.2. The van der Waals surface area contributed by atoms with E-state index in [1.165, 1.54) is 10.7 Å². The zero-order chi connectivity index (χ0) is 27.0. The number of alkyl halides is 2. The summed E-state index contributed by atoms with van der Waals surface area (Å²) < 4.78 is 56.9. The van der Waals surface area contributed by atoms with E-state index in [1.54, 1.807) is 12.3 Å². The first-order valence-corrected chi connectivity index (χ1v) is 14.5. The first-order valence-electron chi connectivity index (χ1n) is 12.2. The number of sulfonamides is 1. The molecule has 11 nitrogen and oxygen atoms in total. The minimum absolute atomic E-state index is 0.0113. The van der Waals surface area contributed by atoms with Gasteiger partial charge in [0.25, 0.3) is 6.43 Å². The number of nitrogens with one attached hydrogen (secondary N) is 1. The fourth-order valence-corrected chi connectivity index (χ4v) is 7.28. The Hall–Kier alpha value is -3.22. The van der Waals surface area contributed by atoms with Crippen LogP contribution in [0.4, 0.5) is 14.5 Å². The van der Waals surface area contributed by atoms with Crippen molar-refractivity contribution in [2.45, 2.75) is 62.1 Å². The van der Waals surface area contributed by atoms with Gasteiger partial charge < -0.3 is 9.80 Å². The molecule has 15 heteroatoms. The van der Waals surface area contributed by atoms with Gasteiger partial charge in [0, 0.05) is 30.1 Å². The molecule has 3 aromatic rings. The first kappa shape index (κ1) is 25.1. The Labute approximate surface area is 221 Å². The second-order valence-corrected chi connectivity index (χ2v) is 13.0. The topological polar surface area (TPSA) is 137 Å². The van der Waals surface area contributed by atoms with E-state index >= 15 is 0 Å². The Morgan fingerprint density at radius 1 is 1.24 bits per heavy atom. The fraction of sp³-hybridized carbons (Fsp3) is 0.522. The Balaban J connectivity index is 1.43. The number of benzene rings is 1. The predicted octanol–water partition coefficient (Wildman–Crippen LogP) is 2.59. The van der Waals surface area contributed by atoms with Crippen molar-refractivity contribution < 1.29 is 22.0 Å². The van der Waals surface area contributed by atoms with Crippen LogP contribution in [0.1, 0.15) is 44.5 Å². The predicted molar refractivity (Wildman–Crippen MR) is 133 cm³/mol. The monoisotopic (exact) mass is 562 g/mol. The number of amides is 1. The van der Waals surface area contributed by atoms with E-state index in [1.807, 2.05) is 29.7 Å². The molecule has 200 valence electrons. The molecular weight excluding hydrogens is 538 g/mol. The smallest absolute Gasteiger partial charge is 0.291 e. The van der Waals surface area contributed by atoms with Crippen molar-refractivity contribution in [3.05, 3.63) is 23.3 Å².